The summed E-state index contributed by atoms with van der Waals surface area (Å²) in [5.74, 6) is 0. The van der Waals surface area contributed by atoms with Gasteiger partial charge in [-0.05, 0) is 18.4 Å². The lowest BCUT2D eigenvalue weighted by molar-refractivity contribution is 0.628. The summed E-state index contributed by atoms with van der Waals surface area (Å²) in [6.45, 7) is 14.7. The van der Waals surface area contributed by atoms with E-state index in [4.69, 9.17) is 0 Å². The fraction of sp³-hybridized carbons (Fsp3) is 0.571. The number of benzene rings is 1. The first-order chi connectivity index (χ1) is 9.15. The second kappa shape index (κ2) is 5.00. The topological polar surface area (TPSA) is 30.7 Å². The minimum atomic E-state index is -1.51. The van der Waals surface area contributed by atoms with Gasteiger partial charge in [0.05, 0.1) is 25.8 Å². The Kier molecular flexibility index (Phi) is 3.94. The first kappa shape index (κ1) is 15.8. The highest BCUT2D eigenvalue weighted by molar-refractivity contribution is 8.03. The molecule has 0 saturated heterocycles. The third-order valence-corrected chi connectivity index (χ3v) is 18.6. The average molecular weight is 324 g/mol. The van der Waals surface area contributed by atoms with Crippen LogP contribution in [0.4, 0.5) is 0 Å². The molecule has 0 spiro atoms. The van der Waals surface area contributed by atoms with Crippen LogP contribution in [0.1, 0.15) is 0 Å². The van der Waals surface area contributed by atoms with Crippen molar-refractivity contribution < 1.29 is 0 Å². The van der Waals surface area contributed by atoms with Gasteiger partial charge in [-0.25, -0.2) is 4.68 Å². The summed E-state index contributed by atoms with van der Waals surface area (Å²) in [6, 6.07) is 8.33. The number of hydrogen-bond donors (Lipinski definition) is 0. The minimum Gasteiger partial charge on any atom is -0.235 e. The smallest absolute Gasteiger partial charge is 0.113 e. The lowest BCUT2D eigenvalue weighted by Gasteiger charge is -2.50. The van der Waals surface area contributed by atoms with Gasteiger partial charge in [-0.2, -0.15) is 0 Å². The monoisotopic (exact) mass is 323 g/mol. The molecule has 0 unspecified atom stereocenters. The number of aromatic nitrogens is 3. The predicted octanol–water partition coefficient (Wildman–Crippen LogP) is 4.20. The molecule has 0 bridgehead atoms. The molecular formula is C14H25N3SSi2. The van der Waals surface area contributed by atoms with Crippen LogP contribution >= 0.6 is 11.8 Å². The van der Waals surface area contributed by atoms with Crippen molar-refractivity contribution in [1.82, 2.24) is 15.0 Å². The Bertz CT molecular complexity index is 597. The average Bonchev–Trinajstić information content (AvgIpc) is 2.71. The van der Waals surface area contributed by atoms with Crippen molar-refractivity contribution >= 4 is 38.9 Å². The highest BCUT2D eigenvalue weighted by Gasteiger charge is 2.55. The molecule has 0 saturated carbocycles. The molecule has 0 fully saturated rings. The summed E-state index contributed by atoms with van der Waals surface area (Å²) in [6.07, 6.45) is 2.24. The van der Waals surface area contributed by atoms with Crippen molar-refractivity contribution in [3.05, 3.63) is 24.3 Å². The summed E-state index contributed by atoms with van der Waals surface area (Å²) in [5.41, 5.74) is 2.18. The van der Waals surface area contributed by atoms with E-state index < -0.39 is 16.1 Å². The van der Waals surface area contributed by atoms with E-state index in [0.29, 0.717) is 0 Å². The lowest BCUT2D eigenvalue weighted by atomic mass is 10.3. The van der Waals surface area contributed by atoms with Crippen LogP contribution in [-0.4, -0.2) is 37.4 Å². The van der Waals surface area contributed by atoms with Crippen molar-refractivity contribution in [2.75, 3.05) is 6.26 Å². The second-order valence-corrected chi connectivity index (χ2v) is 20.0. The zero-order valence-corrected chi connectivity index (χ0v) is 16.4. The lowest BCUT2D eigenvalue weighted by Crippen LogP contribution is -2.65. The Balaban J connectivity index is 2.82. The van der Waals surface area contributed by atoms with Gasteiger partial charge in [0.2, 0.25) is 0 Å². The maximum absolute atomic E-state index is 4.59. The van der Waals surface area contributed by atoms with Gasteiger partial charge in [-0.1, -0.05) is 56.6 Å². The molecule has 0 aliphatic rings. The standard InChI is InChI=1S/C14H25N3SSi2/c1-18-14(19(2,3)4,20(5,6)7)17-13-11-9-8-10-12(13)15-16-17/h8-11H,1-7H3. The van der Waals surface area contributed by atoms with Crippen LogP contribution < -0.4 is 0 Å². The molecule has 1 aromatic heterocycles. The van der Waals surface area contributed by atoms with Crippen LogP contribution in [-0.2, 0) is 4.12 Å². The van der Waals surface area contributed by atoms with Gasteiger partial charge in [-0.15, -0.1) is 16.9 Å². The summed E-state index contributed by atoms with van der Waals surface area (Å²) in [7, 11) is -3.02. The highest BCUT2D eigenvalue weighted by Crippen LogP contribution is 2.46. The van der Waals surface area contributed by atoms with E-state index in [2.05, 4.69) is 78.7 Å². The van der Waals surface area contributed by atoms with Gasteiger partial charge in [-0.3, -0.25) is 0 Å². The molecule has 0 N–H and O–H groups in total. The SMILES string of the molecule is CSC(n1nnc2ccccc21)([Si](C)(C)C)[Si](C)(C)C. The first-order valence-corrected chi connectivity index (χ1v) is 15.2. The quantitative estimate of drug-likeness (QED) is 0.790. The van der Waals surface area contributed by atoms with Crippen LogP contribution in [0, 0.1) is 0 Å². The highest BCUT2D eigenvalue weighted by atomic mass is 32.2. The molecule has 0 aliphatic heterocycles. The number of rotatable bonds is 4. The van der Waals surface area contributed by atoms with Crippen molar-refractivity contribution in [3.8, 4) is 0 Å². The normalized spacial score (nSPS) is 13.9. The fourth-order valence-corrected chi connectivity index (χ4v) is 19.4. The molecule has 0 radical (unpaired) electrons. The van der Waals surface area contributed by atoms with Crippen LogP contribution in [0.15, 0.2) is 24.3 Å². The van der Waals surface area contributed by atoms with E-state index in [9.17, 15) is 0 Å². The minimum absolute atomic E-state index is 0.107. The molecule has 0 aliphatic carbocycles. The Morgan fingerprint density at radius 2 is 1.55 bits per heavy atom. The van der Waals surface area contributed by atoms with Crippen LogP contribution in [0.3, 0.4) is 0 Å². The molecule has 3 nitrogen and oxygen atoms in total. The number of nitrogens with zero attached hydrogens (tertiary/aromatic N) is 3. The zero-order chi connectivity index (χ0) is 15.2. The van der Waals surface area contributed by atoms with Crippen LogP contribution in [0.5, 0.6) is 0 Å². The van der Waals surface area contributed by atoms with Crippen LogP contribution in [0.25, 0.3) is 11.0 Å². The third kappa shape index (κ3) is 2.17. The second-order valence-electron chi connectivity index (χ2n) is 7.34. The summed E-state index contributed by atoms with van der Waals surface area (Å²) >= 11 is 1.99. The number of hydrogen-bond acceptors (Lipinski definition) is 3. The van der Waals surface area contributed by atoms with Gasteiger partial charge in [0.25, 0.3) is 0 Å². The Morgan fingerprint density at radius 1 is 1.00 bits per heavy atom. The maximum atomic E-state index is 4.59. The molecule has 110 valence electrons. The van der Waals surface area contributed by atoms with Crippen molar-refractivity contribution in [3.63, 3.8) is 0 Å². The predicted molar refractivity (Wildman–Crippen MR) is 95.7 cm³/mol. The molecule has 2 rings (SSSR count). The summed E-state index contributed by atoms with van der Waals surface area (Å²) < 4.78 is 2.36. The Morgan fingerprint density at radius 3 is 2.05 bits per heavy atom. The third-order valence-electron chi connectivity index (χ3n) is 3.98. The van der Waals surface area contributed by atoms with E-state index in [-0.39, 0.29) is 4.12 Å². The molecular weight excluding hydrogens is 298 g/mol. The van der Waals surface area contributed by atoms with Gasteiger partial charge in [0.1, 0.15) is 5.52 Å². The van der Waals surface area contributed by atoms with E-state index >= 15 is 0 Å². The van der Waals surface area contributed by atoms with Crippen molar-refractivity contribution in [2.45, 2.75) is 43.4 Å². The molecule has 20 heavy (non-hydrogen) atoms. The van der Waals surface area contributed by atoms with Crippen molar-refractivity contribution in [1.29, 1.82) is 0 Å². The largest absolute Gasteiger partial charge is 0.235 e. The zero-order valence-electron chi connectivity index (χ0n) is 13.6. The van der Waals surface area contributed by atoms with Crippen LogP contribution in [0.2, 0.25) is 39.3 Å². The molecule has 1 heterocycles. The number of fused-ring (bicyclic) bond motifs is 1. The molecule has 0 amide bonds. The molecule has 6 heteroatoms. The number of para-hydroxylation sites is 1. The van der Waals surface area contributed by atoms with E-state index in [1.807, 2.05) is 17.8 Å². The number of thioether (sulfide) groups is 1. The summed E-state index contributed by atoms with van der Waals surface area (Å²) in [4.78, 5) is 0. The molecule has 1 aromatic carbocycles. The molecule has 0 atom stereocenters. The fourth-order valence-electron chi connectivity index (χ4n) is 3.56. The first-order valence-electron chi connectivity index (χ1n) is 7.01. The molecule has 2 aromatic rings. The van der Waals surface area contributed by atoms with Gasteiger partial charge < -0.3 is 0 Å². The Labute approximate surface area is 128 Å². The van der Waals surface area contributed by atoms with Gasteiger partial charge in [0, 0.05) is 0 Å². The van der Waals surface area contributed by atoms with Gasteiger partial charge in [0.15, 0.2) is 0 Å². The van der Waals surface area contributed by atoms with Gasteiger partial charge >= 0.3 is 0 Å². The van der Waals surface area contributed by atoms with E-state index in [0.717, 1.165) is 5.52 Å². The van der Waals surface area contributed by atoms with Crippen molar-refractivity contribution in [2.24, 2.45) is 0 Å². The Hall–Kier alpha value is -0.596. The van der Waals surface area contributed by atoms with E-state index in [1.54, 1.807) is 0 Å². The maximum Gasteiger partial charge on any atom is 0.113 e. The summed E-state index contributed by atoms with van der Waals surface area (Å²) in [5, 5.41) is 8.99. The van der Waals surface area contributed by atoms with E-state index in [1.165, 1.54) is 5.52 Å².